The van der Waals surface area contributed by atoms with E-state index in [1.807, 2.05) is 0 Å². The first-order valence-corrected chi connectivity index (χ1v) is 8.30. The molecule has 21 heavy (non-hydrogen) atoms. The summed E-state index contributed by atoms with van der Waals surface area (Å²) in [5.41, 5.74) is 0. The second-order valence-electron chi connectivity index (χ2n) is 5.16. The van der Waals surface area contributed by atoms with E-state index in [2.05, 4.69) is 6.92 Å². The molecule has 0 aromatic carbocycles. The largest absolute Gasteiger partial charge is 0.478 e. The van der Waals surface area contributed by atoms with Gasteiger partial charge in [0.1, 0.15) is 0 Å². The first-order chi connectivity index (χ1) is 10.2. The van der Waals surface area contributed by atoms with Crippen molar-refractivity contribution in [3.63, 3.8) is 0 Å². The lowest BCUT2D eigenvalue weighted by atomic mass is 10.1. The van der Waals surface area contributed by atoms with Gasteiger partial charge >= 0.3 is 5.97 Å². The number of aliphatic hydroxyl groups excluding tert-OH is 2. The predicted octanol–water partition coefficient (Wildman–Crippen LogP) is 3.91. The van der Waals surface area contributed by atoms with Crippen molar-refractivity contribution in [2.24, 2.45) is 0 Å². The summed E-state index contributed by atoms with van der Waals surface area (Å²) in [6, 6.07) is 0. The third-order valence-corrected chi connectivity index (χ3v) is 3.05. The minimum absolute atomic E-state index is 0.283. The molecule has 126 valence electrons. The molecule has 0 aliphatic rings. The fourth-order valence-electron chi connectivity index (χ4n) is 1.80. The Kier molecular flexibility index (Phi) is 22.9. The van der Waals surface area contributed by atoms with Crippen molar-refractivity contribution in [1.29, 1.82) is 0 Å². The molecule has 0 radical (unpaired) electrons. The molecule has 0 spiro atoms. The van der Waals surface area contributed by atoms with Gasteiger partial charge in [-0.2, -0.15) is 0 Å². The smallest absolute Gasteiger partial charge is 0.327 e. The Morgan fingerprint density at radius 3 is 1.76 bits per heavy atom. The highest BCUT2D eigenvalue weighted by molar-refractivity contribution is 5.79. The highest BCUT2D eigenvalue weighted by Crippen LogP contribution is 2.06. The van der Waals surface area contributed by atoms with Crippen LogP contribution in [0, 0.1) is 0 Å². The number of hydrogen-bond donors (Lipinski definition) is 3. The lowest BCUT2D eigenvalue weighted by Crippen LogP contribution is -1.85. The van der Waals surface area contributed by atoms with Crippen LogP contribution in [0.1, 0.15) is 77.6 Å². The molecule has 0 saturated carbocycles. The van der Waals surface area contributed by atoms with Crippen LogP contribution in [0.15, 0.2) is 12.2 Å². The maximum atomic E-state index is 10.1. The summed E-state index contributed by atoms with van der Waals surface area (Å²) >= 11 is 0. The van der Waals surface area contributed by atoms with Gasteiger partial charge in [-0.25, -0.2) is 4.79 Å². The Bertz CT molecular complexity index is 221. The number of hydrogen-bond acceptors (Lipinski definition) is 3. The molecule has 3 N–H and O–H groups in total. The molecule has 0 heterocycles. The van der Waals surface area contributed by atoms with E-state index in [1.54, 1.807) is 6.08 Å². The molecule has 0 saturated heterocycles. The molecule has 0 atom stereocenters. The monoisotopic (exact) mass is 302 g/mol. The molecular formula is C17H34O4. The minimum Gasteiger partial charge on any atom is -0.478 e. The van der Waals surface area contributed by atoms with Crippen LogP contribution in [-0.4, -0.2) is 34.5 Å². The van der Waals surface area contributed by atoms with Crippen LogP contribution in [0.5, 0.6) is 0 Å². The zero-order chi connectivity index (χ0) is 16.2. The lowest BCUT2D eigenvalue weighted by molar-refractivity contribution is -0.131. The predicted molar refractivity (Wildman–Crippen MR) is 87.4 cm³/mol. The second kappa shape index (κ2) is 21.4. The molecule has 0 fully saturated rings. The van der Waals surface area contributed by atoms with E-state index in [1.165, 1.54) is 38.2 Å². The second-order valence-corrected chi connectivity index (χ2v) is 5.16. The topological polar surface area (TPSA) is 77.8 Å². The Balaban J connectivity index is 0. The van der Waals surface area contributed by atoms with E-state index in [9.17, 15) is 4.79 Å². The van der Waals surface area contributed by atoms with Gasteiger partial charge in [-0.1, -0.05) is 57.9 Å². The van der Waals surface area contributed by atoms with Crippen LogP contribution in [0.4, 0.5) is 0 Å². The summed E-state index contributed by atoms with van der Waals surface area (Å²) in [7, 11) is 0. The van der Waals surface area contributed by atoms with E-state index < -0.39 is 5.97 Å². The van der Waals surface area contributed by atoms with Crippen molar-refractivity contribution < 1.29 is 20.1 Å². The summed E-state index contributed by atoms with van der Waals surface area (Å²) in [5.74, 6) is -0.842. The van der Waals surface area contributed by atoms with Gasteiger partial charge in [0, 0.05) is 19.3 Å². The van der Waals surface area contributed by atoms with Gasteiger partial charge in [-0.05, 0) is 25.7 Å². The summed E-state index contributed by atoms with van der Waals surface area (Å²) in [6.45, 7) is 2.77. The van der Waals surface area contributed by atoms with Gasteiger partial charge in [0.05, 0.1) is 0 Å². The maximum absolute atomic E-state index is 10.1. The van der Waals surface area contributed by atoms with Crippen molar-refractivity contribution in [2.75, 3.05) is 13.2 Å². The lowest BCUT2D eigenvalue weighted by Gasteiger charge is -1.96. The Morgan fingerprint density at radius 1 is 0.810 bits per heavy atom. The number of rotatable bonds is 13. The van der Waals surface area contributed by atoms with Gasteiger partial charge in [0.15, 0.2) is 0 Å². The standard InChI is InChI=1S/C11H20O2.C6H14O2/c1-2-3-4-5-6-7-8-9-10-11(12)13;7-5-3-1-2-4-6-8/h9-10H,2-8H2,1H3,(H,12,13);7-8H,1-6H2. The van der Waals surface area contributed by atoms with Gasteiger partial charge in [-0.3, -0.25) is 0 Å². The quantitative estimate of drug-likeness (QED) is 0.356. The van der Waals surface area contributed by atoms with Crippen LogP contribution in [-0.2, 0) is 4.79 Å². The Morgan fingerprint density at radius 2 is 1.29 bits per heavy atom. The number of aliphatic hydroxyl groups is 2. The summed E-state index contributed by atoms with van der Waals surface area (Å²) in [5, 5.41) is 24.9. The molecule has 0 unspecified atom stereocenters. The van der Waals surface area contributed by atoms with Crippen molar-refractivity contribution in [3.8, 4) is 0 Å². The van der Waals surface area contributed by atoms with Crippen LogP contribution in [0.25, 0.3) is 0 Å². The molecule has 4 nitrogen and oxygen atoms in total. The fourth-order valence-corrected chi connectivity index (χ4v) is 1.80. The van der Waals surface area contributed by atoms with Crippen LogP contribution < -0.4 is 0 Å². The molecule has 4 heteroatoms. The molecule has 0 aliphatic carbocycles. The normalized spacial score (nSPS) is 10.4. The first-order valence-electron chi connectivity index (χ1n) is 8.30. The van der Waals surface area contributed by atoms with Crippen molar-refractivity contribution in [3.05, 3.63) is 12.2 Å². The number of carboxylic acids is 1. The SMILES string of the molecule is CCCCCCCCC=CC(=O)O.OCCCCCCO. The molecule has 0 amide bonds. The van der Waals surface area contributed by atoms with Crippen LogP contribution in [0.2, 0.25) is 0 Å². The zero-order valence-corrected chi connectivity index (χ0v) is 13.6. The molecule has 0 bridgehead atoms. The third-order valence-electron chi connectivity index (χ3n) is 3.05. The van der Waals surface area contributed by atoms with E-state index >= 15 is 0 Å². The fraction of sp³-hybridized carbons (Fsp3) is 0.824. The van der Waals surface area contributed by atoms with E-state index in [0.29, 0.717) is 0 Å². The number of allylic oxidation sites excluding steroid dienone is 1. The molecule has 0 aliphatic heterocycles. The molecule has 0 aromatic heterocycles. The maximum Gasteiger partial charge on any atom is 0.327 e. The van der Waals surface area contributed by atoms with Crippen molar-refractivity contribution in [2.45, 2.75) is 77.6 Å². The van der Waals surface area contributed by atoms with E-state index in [0.717, 1.165) is 38.5 Å². The molecule has 0 rings (SSSR count). The van der Waals surface area contributed by atoms with Crippen molar-refractivity contribution in [1.82, 2.24) is 0 Å². The highest BCUT2D eigenvalue weighted by Gasteiger charge is 1.89. The number of carbonyl (C=O) groups is 1. The number of unbranched alkanes of at least 4 members (excludes halogenated alkanes) is 9. The summed E-state index contributed by atoms with van der Waals surface area (Å²) < 4.78 is 0. The van der Waals surface area contributed by atoms with E-state index in [4.69, 9.17) is 15.3 Å². The minimum atomic E-state index is -0.842. The zero-order valence-electron chi connectivity index (χ0n) is 13.6. The van der Waals surface area contributed by atoms with Gasteiger partial charge in [0.2, 0.25) is 0 Å². The Hall–Kier alpha value is -0.870. The highest BCUT2D eigenvalue weighted by atomic mass is 16.4. The Labute approximate surface area is 129 Å². The number of carboxylic acid groups (broad SMARTS) is 1. The van der Waals surface area contributed by atoms with E-state index in [-0.39, 0.29) is 13.2 Å². The molecular weight excluding hydrogens is 268 g/mol. The average molecular weight is 302 g/mol. The first kappa shape index (κ1) is 22.4. The average Bonchev–Trinajstić information content (AvgIpc) is 2.47. The van der Waals surface area contributed by atoms with Crippen LogP contribution >= 0.6 is 0 Å². The van der Waals surface area contributed by atoms with Gasteiger partial charge < -0.3 is 15.3 Å². The third kappa shape index (κ3) is 28.1. The van der Waals surface area contributed by atoms with Gasteiger partial charge in [0.25, 0.3) is 0 Å². The van der Waals surface area contributed by atoms with Crippen molar-refractivity contribution >= 4 is 5.97 Å². The summed E-state index contributed by atoms with van der Waals surface area (Å²) in [6.07, 6.45) is 15.2. The molecule has 0 aromatic rings. The van der Waals surface area contributed by atoms with Gasteiger partial charge in [-0.15, -0.1) is 0 Å². The summed E-state index contributed by atoms with van der Waals surface area (Å²) in [4.78, 5) is 10.1. The van der Waals surface area contributed by atoms with Crippen LogP contribution in [0.3, 0.4) is 0 Å². The number of aliphatic carboxylic acids is 1.